The number of aryl methyl sites for hydroxylation is 2. The summed E-state index contributed by atoms with van der Waals surface area (Å²) in [6, 6.07) is 9.72. The average Bonchev–Trinajstić information content (AvgIpc) is 3.15. The smallest absolute Gasteiger partial charge is 0.262 e. The molecule has 37 heavy (non-hydrogen) atoms. The standard InChI is InChI=1S/C29H30F2N4O2/c1-15-24(16(2)34-33-15)17(3)35-18(4)25(22-12-7-13-23(31)26(22)29(35)37)28(36)32-27(19-8-5-9-19)20-10-6-11-21(30)14-20/h6-7,10-14,17,19,27H,5,8-9H2,1-4H3,(H,32,36)(H,33,34)/t17?,27-/m0/s1. The molecule has 0 radical (unpaired) electrons. The van der Waals surface area contributed by atoms with Crippen molar-refractivity contribution in [3.8, 4) is 0 Å². The maximum absolute atomic E-state index is 15.1. The van der Waals surface area contributed by atoms with Crippen molar-refractivity contribution in [3.63, 3.8) is 0 Å². The van der Waals surface area contributed by atoms with Crippen LogP contribution in [-0.2, 0) is 0 Å². The summed E-state index contributed by atoms with van der Waals surface area (Å²) in [7, 11) is 0. The highest BCUT2D eigenvalue weighted by molar-refractivity contribution is 6.08. The molecule has 0 spiro atoms. The minimum atomic E-state index is -0.682. The molecular weight excluding hydrogens is 474 g/mol. The van der Waals surface area contributed by atoms with E-state index in [1.54, 1.807) is 19.1 Å². The van der Waals surface area contributed by atoms with Crippen molar-refractivity contribution in [3.05, 3.63) is 98.2 Å². The third kappa shape index (κ3) is 4.24. The predicted molar refractivity (Wildman–Crippen MR) is 139 cm³/mol. The Morgan fingerprint density at radius 1 is 1.14 bits per heavy atom. The quantitative estimate of drug-likeness (QED) is 0.348. The van der Waals surface area contributed by atoms with Gasteiger partial charge in [-0.3, -0.25) is 14.7 Å². The van der Waals surface area contributed by atoms with E-state index in [9.17, 15) is 14.0 Å². The average molecular weight is 505 g/mol. The molecule has 2 aromatic carbocycles. The molecule has 0 bridgehead atoms. The second-order valence-electron chi connectivity index (χ2n) is 10.0. The monoisotopic (exact) mass is 504 g/mol. The molecule has 1 aliphatic carbocycles. The Balaban J connectivity index is 1.68. The zero-order chi connectivity index (χ0) is 26.4. The van der Waals surface area contributed by atoms with E-state index in [1.807, 2.05) is 26.8 Å². The molecular formula is C29H30F2N4O2. The minimum Gasteiger partial charge on any atom is -0.345 e. The molecule has 4 aromatic rings. The highest BCUT2D eigenvalue weighted by Gasteiger charge is 2.32. The summed E-state index contributed by atoms with van der Waals surface area (Å²) in [5.74, 6) is -1.29. The molecule has 0 saturated heterocycles. The fourth-order valence-corrected chi connectivity index (χ4v) is 5.76. The number of pyridine rings is 1. The van der Waals surface area contributed by atoms with Gasteiger partial charge in [-0.2, -0.15) is 5.10 Å². The lowest BCUT2D eigenvalue weighted by atomic mass is 9.77. The van der Waals surface area contributed by atoms with Crippen molar-refractivity contribution in [1.29, 1.82) is 0 Å². The van der Waals surface area contributed by atoms with Crippen molar-refractivity contribution in [1.82, 2.24) is 20.1 Å². The first-order valence-electron chi connectivity index (χ1n) is 12.6. The molecule has 192 valence electrons. The molecule has 1 unspecified atom stereocenters. The molecule has 2 heterocycles. The number of nitrogens with zero attached hydrogens (tertiary/aromatic N) is 2. The Bertz CT molecular complexity index is 1550. The molecule has 2 aromatic heterocycles. The number of fused-ring (bicyclic) bond motifs is 1. The number of aromatic amines is 1. The highest BCUT2D eigenvalue weighted by Crippen LogP contribution is 2.38. The zero-order valence-corrected chi connectivity index (χ0v) is 21.4. The number of carbonyl (C=O) groups is 1. The van der Waals surface area contributed by atoms with Crippen LogP contribution in [0.1, 0.15) is 76.8 Å². The van der Waals surface area contributed by atoms with E-state index in [4.69, 9.17) is 0 Å². The largest absolute Gasteiger partial charge is 0.345 e. The van der Waals surface area contributed by atoms with Crippen molar-refractivity contribution >= 4 is 16.7 Å². The Labute approximate surface area is 213 Å². The summed E-state index contributed by atoms with van der Waals surface area (Å²) in [6.45, 7) is 7.26. The van der Waals surface area contributed by atoms with Crippen LogP contribution in [0.4, 0.5) is 8.78 Å². The lowest BCUT2D eigenvalue weighted by molar-refractivity contribution is 0.0900. The number of nitrogens with one attached hydrogen (secondary N) is 2. The van der Waals surface area contributed by atoms with Gasteiger partial charge in [0, 0.05) is 22.3 Å². The molecule has 1 saturated carbocycles. The van der Waals surface area contributed by atoms with Crippen LogP contribution in [0.15, 0.2) is 47.3 Å². The third-order valence-electron chi connectivity index (χ3n) is 7.77. The number of halogens is 2. The highest BCUT2D eigenvalue weighted by atomic mass is 19.1. The van der Waals surface area contributed by atoms with Crippen LogP contribution in [0.2, 0.25) is 0 Å². The summed E-state index contributed by atoms with van der Waals surface area (Å²) >= 11 is 0. The molecule has 5 rings (SSSR count). The van der Waals surface area contributed by atoms with Crippen LogP contribution in [0.5, 0.6) is 0 Å². The van der Waals surface area contributed by atoms with E-state index in [1.165, 1.54) is 28.8 Å². The van der Waals surface area contributed by atoms with E-state index < -0.39 is 29.4 Å². The number of aromatic nitrogens is 3. The lowest BCUT2D eigenvalue weighted by Gasteiger charge is -2.35. The molecule has 1 amide bonds. The van der Waals surface area contributed by atoms with Crippen molar-refractivity contribution < 1.29 is 13.6 Å². The second kappa shape index (κ2) is 9.57. The molecule has 8 heteroatoms. The normalized spacial score (nSPS) is 15.4. The Hall–Kier alpha value is -3.81. The number of H-pyrrole nitrogens is 1. The predicted octanol–water partition coefficient (Wildman–Crippen LogP) is 5.81. The Kier molecular flexibility index (Phi) is 6.43. The van der Waals surface area contributed by atoms with Crippen LogP contribution >= 0.6 is 0 Å². The topological polar surface area (TPSA) is 79.8 Å². The van der Waals surface area contributed by atoms with E-state index in [0.717, 1.165) is 36.2 Å². The van der Waals surface area contributed by atoms with Gasteiger partial charge in [-0.25, -0.2) is 8.78 Å². The van der Waals surface area contributed by atoms with Gasteiger partial charge in [0.25, 0.3) is 11.5 Å². The molecule has 2 N–H and O–H groups in total. The van der Waals surface area contributed by atoms with Gasteiger partial charge in [0.2, 0.25) is 0 Å². The van der Waals surface area contributed by atoms with Crippen LogP contribution in [-0.4, -0.2) is 20.7 Å². The fourth-order valence-electron chi connectivity index (χ4n) is 5.76. The maximum Gasteiger partial charge on any atom is 0.262 e. The van der Waals surface area contributed by atoms with Crippen molar-refractivity contribution in [2.75, 3.05) is 0 Å². The van der Waals surface area contributed by atoms with Gasteiger partial charge in [0.1, 0.15) is 11.6 Å². The zero-order valence-electron chi connectivity index (χ0n) is 21.4. The first-order valence-corrected chi connectivity index (χ1v) is 12.6. The van der Waals surface area contributed by atoms with E-state index in [2.05, 4.69) is 15.5 Å². The van der Waals surface area contributed by atoms with Gasteiger partial charge in [-0.15, -0.1) is 0 Å². The molecule has 6 nitrogen and oxygen atoms in total. The first-order chi connectivity index (χ1) is 17.7. The Morgan fingerprint density at radius 2 is 1.86 bits per heavy atom. The third-order valence-corrected chi connectivity index (χ3v) is 7.77. The van der Waals surface area contributed by atoms with E-state index in [0.29, 0.717) is 11.3 Å². The number of hydrogen-bond acceptors (Lipinski definition) is 3. The number of hydrogen-bond donors (Lipinski definition) is 2. The summed E-state index contributed by atoms with van der Waals surface area (Å²) in [4.78, 5) is 27.6. The van der Waals surface area contributed by atoms with Gasteiger partial charge < -0.3 is 9.88 Å². The summed E-state index contributed by atoms with van der Waals surface area (Å²) < 4.78 is 30.7. The van der Waals surface area contributed by atoms with Crippen LogP contribution in [0, 0.1) is 38.3 Å². The van der Waals surface area contributed by atoms with Crippen molar-refractivity contribution in [2.45, 2.75) is 59.0 Å². The number of rotatable bonds is 6. The summed E-state index contributed by atoms with van der Waals surface area (Å²) in [6.07, 6.45) is 2.89. The summed E-state index contributed by atoms with van der Waals surface area (Å²) in [5.41, 5.74) is 3.20. The molecule has 1 fully saturated rings. The fraction of sp³-hybridized carbons (Fsp3) is 0.345. The van der Waals surface area contributed by atoms with E-state index in [-0.39, 0.29) is 28.1 Å². The van der Waals surface area contributed by atoms with Crippen LogP contribution in [0.25, 0.3) is 10.8 Å². The SMILES string of the molecule is Cc1n[nH]c(C)c1C(C)n1c(C)c(C(=O)N[C@H](c2cccc(F)c2)C2CCC2)c2cccc(F)c2c1=O. The maximum atomic E-state index is 15.1. The van der Waals surface area contributed by atoms with Gasteiger partial charge >= 0.3 is 0 Å². The minimum absolute atomic E-state index is 0.130. The lowest BCUT2D eigenvalue weighted by Crippen LogP contribution is -2.38. The van der Waals surface area contributed by atoms with Gasteiger partial charge in [0.05, 0.1) is 28.7 Å². The van der Waals surface area contributed by atoms with Crippen molar-refractivity contribution in [2.24, 2.45) is 5.92 Å². The first kappa shape index (κ1) is 24.9. The number of amides is 1. The van der Waals surface area contributed by atoms with Gasteiger partial charge in [0.15, 0.2) is 0 Å². The van der Waals surface area contributed by atoms with Crippen LogP contribution < -0.4 is 10.9 Å². The molecule has 0 aliphatic heterocycles. The number of carbonyl (C=O) groups excluding carboxylic acids is 1. The second-order valence-corrected chi connectivity index (χ2v) is 10.0. The van der Waals surface area contributed by atoms with Crippen LogP contribution in [0.3, 0.4) is 0 Å². The summed E-state index contributed by atoms with van der Waals surface area (Å²) in [5, 5.41) is 10.4. The van der Waals surface area contributed by atoms with Gasteiger partial charge in [-0.05, 0) is 70.2 Å². The Morgan fingerprint density at radius 3 is 2.49 bits per heavy atom. The molecule has 2 atom stereocenters. The van der Waals surface area contributed by atoms with E-state index >= 15 is 4.39 Å². The van der Waals surface area contributed by atoms with Gasteiger partial charge in [-0.1, -0.05) is 30.7 Å². The number of benzene rings is 2. The molecule has 1 aliphatic rings.